The molecule has 0 heterocycles. The normalized spacial score (nSPS) is 35.8. The molecule has 0 aliphatic heterocycles. The van der Waals surface area contributed by atoms with Crippen molar-refractivity contribution in [3.05, 3.63) is 22.8 Å². The quantitative estimate of drug-likeness (QED) is 0.484. The number of rotatable bonds is 0. The molecule has 0 aromatic rings. The van der Waals surface area contributed by atoms with Gasteiger partial charge in [0.2, 0.25) is 12.1 Å². The van der Waals surface area contributed by atoms with E-state index in [1.165, 1.54) is 0 Å². The number of hydrogen-bond acceptors (Lipinski definition) is 0. The summed E-state index contributed by atoms with van der Waals surface area (Å²) in [4.78, 5) is 7.21. The van der Waals surface area contributed by atoms with Crippen molar-refractivity contribution in [1.29, 1.82) is 0 Å². The van der Waals surface area contributed by atoms with E-state index in [-0.39, 0.29) is 22.9 Å². The fraction of sp³-hybridized carbons (Fsp3) is 0.800. The van der Waals surface area contributed by atoms with E-state index in [1.54, 1.807) is 0 Å². The molecular formula is C10H14N2. The Hall–Kier alpha value is -1.02. The van der Waals surface area contributed by atoms with Crippen LogP contribution in [0.5, 0.6) is 0 Å². The Bertz CT molecular complexity index is 233. The molecule has 0 N–H and O–H groups in total. The molecule has 64 valence electrons. The predicted octanol–water partition coefficient (Wildman–Crippen LogP) is 2.63. The molecule has 2 nitrogen and oxygen atoms in total. The highest BCUT2D eigenvalue weighted by Crippen LogP contribution is 2.57. The van der Waals surface area contributed by atoms with Crippen molar-refractivity contribution in [2.75, 3.05) is 0 Å². The second-order valence-corrected chi connectivity index (χ2v) is 4.71. The summed E-state index contributed by atoms with van der Waals surface area (Å²) in [6, 6.07) is 0.00759. The van der Waals surface area contributed by atoms with Gasteiger partial charge in [0.15, 0.2) is 0 Å². The molecule has 0 aromatic carbocycles. The van der Waals surface area contributed by atoms with E-state index in [0.717, 1.165) is 0 Å². The van der Waals surface area contributed by atoms with Crippen LogP contribution in [0.4, 0.5) is 0 Å². The maximum atomic E-state index is 7.06. The Morgan fingerprint density at radius 2 is 1.08 bits per heavy atom. The molecule has 1 fully saturated rings. The summed E-state index contributed by atoms with van der Waals surface area (Å²) in [6.07, 6.45) is 0. The standard InChI is InChI=1S/C10H14N2/c1-9(2)7(11-5)10(3,4)8(9)12-6/h7-8H,1-4H3. The maximum Gasteiger partial charge on any atom is 0.248 e. The second-order valence-electron chi connectivity index (χ2n) is 4.71. The van der Waals surface area contributed by atoms with E-state index < -0.39 is 0 Å². The van der Waals surface area contributed by atoms with Crippen LogP contribution in [0.1, 0.15) is 27.7 Å². The van der Waals surface area contributed by atoms with Crippen molar-refractivity contribution < 1.29 is 0 Å². The molecule has 0 amide bonds. The predicted molar refractivity (Wildman–Crippen MR) is 48.3 cm³/mol. The molecule has 1 saturated carbocycles. The van der Waals surface area contributed by atoms with E-state index >= 15 is 0 Å². The van der Waals surface area contributed by atoms with Gasteiger partial charge in [-0.05, 0) is 27.7 Å². The molecule has 1 aliphatic rings. The van der Waals surface area contributed by atoms with Gasteiger partial charge in [0.1, 0.15) is 10.8 Å². The average molecular weight is 162 g/mol. The van der Waals surface area contributed by atoms with Crippen LogP contribution >= 0.6 is 0 Å². The zero-order valence-corrected chi connectivity index (χ0v) is 8.05. The fourth-order valence-electron chi connectivity index (χ4n) is 2.79. The molecule has 0 aromatic heterocycles. The molecule has 0 spiro atoms. The molecule has 12 heavy (non-hydrogen) atoms. The molecule has 0 unspecified atom stereocenters. The minimum Gasteiger partial charge on any atom is -0.312 e. The van der Waals surface area contributed by atoms with Crippen LogP contribution in [0.25, 0.3) is 9.69 Å². The first-order valence-electron chi connectivity index (χ1n) is 4.12. The summed E-state index contributed by atoms with van der Waals surface area (Å²) in [5.41, 5.74) is -0.236. The summed E-state index contributed by atoms with van der Waals surface area (Å²) in [5, 5.41) is 0. The minimum absolute atomic E-state index is 0.00380. The van der Waals surface area contributed by atoms with Crippen molar-refractivity contribution in [1.82, 2.24) is 0 Å². The zero-order valence-electron chi connectivity index (χ0n) is 8.05. The van der Waals surface area contributed by atoms with Crippen molar-refractivity contribution >= 4 is 0 Å². The topological polar surface area (TPSA) is 8.72 Å². The van der Waals surface area contributed by atoms with Crippen molar-refractivity contribution in [3.8, 4) is 0 Å². The largest absolute Gasteiger partial charge is 0.312 e. The summed E-state index contributed by atoms with van der Waals surface area (Å²) >= 11 is 0. The molecule has 0 bridgehead atoms. The van der Waals surface area contributed by atoms with Gasteiger partial charge in [0, 0.05) is 0 Å². The highest BCUT2D eigenvalue weighted by Gasteiger charge is 2.72. The monoisotopic (exact) mass is 162 g/mol. The minimum atomic E-state index is -0.118. The van der Waals surface area contributed by atoms with E-state index in [0.29, 0.717) is 0 Å². The van der Waals surface area contributed by atoms with Gasteiger partial charge in [-0.25, -0.2) is 13.1 Å². The van der Waals surface area contributed by atoms with Crippen LogP contribution in [0, 0.1) is 24.0 Å². The third-order valence-electron chi connectivity index (χ3n) is 3.08. The first kappa shape index (κ1) is 9.07. The van der Waals surface area contributed by atoms with Gasteiger partial charge in [-0.2, -0.15) is 0 Å². The Balaban J connectivity index is 3.00. The van der Waals surface area contributed by atoms with Gasteiger partial charge in [0.05, 0.1) is 0 Å². The van der Waals surface area contributed by atoms with Gasteiger partial charge in [-0.1, -0.05) is 0 Å². The van der Waals surface area contributed by atoms with Gasteiger partial charge in [0.25, 0.3) is 0 Å². The Labute approximate surface area is 74.2 Å². The Morgan fingerprint density at radius 1 is 0.833 bits per heavy atom. The molecule has 2 heteroatoms. The third-order valence-corrected chi connectivity index (χ3v) is 3.08. The highest BCUT2D eigenvalue weighted by molar-refractivity contribution is 5.25. The van der Waals surface area contributed by atoms with Crippen LogP contribution in [-0.4, -0.2) is 12.1 Å². The van der Waals surface area contributed by atoms with E-state index in [4.69, 9.17) is 13.1 Å². The van der Waals surface area contributed by atoms with Gasteiger partial charge >= 0.3 is 0 Å². The summed E-state index contributed by atoms with van der Waals surface area (Å²) < 4.78 is 0. The van der Waals surface area contributed by atoms with E-state index in [1.807, 2.05) is 27.7 Å². The summed E-state index contributed by atoms with van der Waals surface area (Å²) in [7, 11) is 0. The molecule has 1 aliphatic carbocycles. The molecule has 0 radical (unpaired) electrons. The van der Waals surface area contributed by atoms with Crippen LogP contribution in [0.3, 0.4) is 0 Å². The number of hydrogen-bond donors (Lipinski definition) is 0. The van der Waals surface area contributed by atoms with Crippen LogP contribution in [0.15, 0.2) is 0 Å². The van der Waals surface area contributed by atoms with Gasteiger partial charge < -0.3 is 9.69 Å². The number of nitrogens with zero attached hydrogens (tertiary/aromatic N) is 2. The van der Waals surface area contributed by atoms with Crippen molar-refractivity contribution in [2.24, 2.45) is 10.8 Å². The van der Waals surface area contributed by atoms with Gasteiger partial charge in [-0.15, -0.1) is 0 Å². The van der Waals surface area contributed by atoms with Crippen LogP contribution in [-0.2, 0) is 0 Å². The van der Waals surface area contributed by atoms with E-state index in [2.05, 4.69) is 9.69 Å². The highest BCUT2D eigenvalue weighted by atomic mass is 15.0. The zero-order chi connectivity index (χ0) is 9.57. The molecular weight excluding hydrogens is 148 g/mol. The smallest absolute Gasteiger partial charge is 0.248 e. The lowest BCUT2D eigenvalue weighted by atomic mass is 9.48. The fourth-order valence-corrected chi connectivity index (χ4v) is 2.79. The lowest BCUT2D eigenvalue weighted by molar-refractivity contribution is -0.00614. The molecule has 1 rings (SSSR count). The first-order chi connectivity index (χ1) is 5.39. The molecule has 0 saturated heterocycles. The second kappa shape index (κ2) is 2.23. The van der Waals surface area contributed by atoms with Gasteiger partial charge in [-0.3, -0.25) is 0 Å². The SMILES string of the molecule is [C-]#[N+]C1C(C)(C)C([N+]#[C-])C1(C)C. The van der Waals surface area contributed by atoms with Crippen molar-refractivity contribution in [3.63, 3.8) is 0 Å². The lowest BCUT2D eigenvalue weighted by Crippen LogP contribution is -2.64. The first-order valence-corrected chi connectivity index (χ1v) is 4.12. The lowest BCUT2D eigenvalue weighted by Gasteiger charge is -2.49. The van der Waals surface area contributed by atoms with Crippen LogP contribution < -0.4 is 0 Å². The average Bonchev–Trinajstić information content (AvgIpc) is 1.85. The van der Waals surface area contributed by atoms with Crippen LogP contribution in [0.2, 0.25) is 0 Å². The van der Waals surface area contributed by atoms with E-state index in [9.17, 15) is 0 Å². The third kappa shape index (κ3) is 0.786. The van der Waals surface area contributed by atoms with Crippen molar-refractivity contribution in [2.45, 2.75) is 39.8 Å². The summed E-state index contributed by atoms with van der Waals surface area (Å²) in [6.45, 7) is 22.2. The summed E-state index contributed by atoms with van der Waals surface area (Å²) in [5.74, 6) is 0. The Kier molecular flexibility index (Phi) is 1.69. The maximum absolute atomic E-state index is 7.06. The molecule has 0 atom stereocenters. The Morgan fingerprint density at radius 3 is 1.25 bits per heavy atom.